The Kier molecular flexibility index (Phi) is 4.08. The van der Waals surface area contributed by atoms with Crippen molar-refractivity contribution in [2.45, 2.75) is 13.0 Å². The Morgan fingerprint density at radius 3 is 2.85 bits per heavy atom. The second-order valence-electron chi connectivity index (χ2n) is 4.01. The van der Waals surface area contributed by atoms with E-state index in [1.54, 1.807) is 6.07 Å². The summed E-state index contributed by atoms with van der Waals surface area (Å²) in [6.45, 7) is 0.338. The molecule has 0 radical (unpaired) electrons. The Balaban J connectivity index is 2.15. The molecular formula is C11H9BrN4O4. The van der Waals surface area contributed by atoms with Gasteiger partial charge in [-0.25, -0.2) is 4.68 Å². The zero-order valence-electron chi connectivity index (χ0n) is 10.1. The number of aromatic nitrogens is 3. The molecule has 0 aliphatic carbocycles. The number of nitro groups is 1. The van der Waals surface area contributed by atoms with E-state index in [0.717, 1.165) is 5.56 Å². The predicted molar refractivity (Wildman–Crippen MR) is 71.3 cm³/mol. The number of nitrogens with zero attached hydrogens (tertiary/aromatic N) is 4. The molecule has 1 aromatic carbocycles. The van der Waals surface area contributed by atoms with E-state index < -0.39 is 10.9 Å². The average Bonchev–Trinajstić information content (AvgIpc) is 2.78. The SMILES string of the molecule is O=C(O)Cc1cn(Cc2ccc([N+](=O)[O-])cc2Br)nn1. The van der Waals surface area contributed by atoms with Crippen molar-refractivity contribution >= 4 is 27.6 Å². The van der Waals surface area contributed by atoms with Gasteiger partial charge in [-0.3, -0.25) is 14.9 Å². The minimum Gasteiger partial charge on any atom is -0.481 e. The maximum Gasteiger partial charge on any atom is 0.309 e. The van der Waals surface area contributed by atoms with E-state index in [9.17, 15) is 14.9 Å². The molecule has 2 aromatic rings. The van der Waals surface area contributed by atoms with Crippen molar-refractivity contribution in [2.75, 3.05) is 0 Å². The molecule has 9 heteroatoms. The topological polar surface area (TPSA) is 111 Å². The van der Waals surface area contributed by atoms with Crippen molar-refractivity contribution in [2.24, 2.45) is 0 Å². The number of aliphatic carboxylic acids is 1. The molecule has 20 heavy (non-hydrogen) atoms. The lowest BCUT2D eigenvalue weighted by Crippen LogP contribution is -2.02. The Labute approximate surface area is 121 Å². The molecule has 0 amide bonds. The Hall–Kier alpha value is -2.29. The molecule has 104 valence electrons. The lowest BCUT2D eigenvalue weighted by molar-refractivity contribution is -0.384. The van der Waals surface area contributed by atoms with Crippen LogP contribution in [0.15, 0.2) is 28.9 Å². The molecule has 0 unspecified atom stereocenters. The van der Waals surface area contributed by atoms with Crippen molar-refractivity contribution in [3.8, 4) is 0 Å². The van der Waals surface area contributed by atoms with Gasteiger partial charge >= 0.3 is 5.97 Å². The first kappa shape index (κ1) is 14.1. The van der Waals surface area contributed by atoms with Gasteiger partial charge in [-0.15, -0.1) is 5.10 Å². The molecule has 8 nitrogen and oxygen atoms in total. The standard InChI is InChI=1S/C11H9BrN4O4/c12-10-4-9(16(19)20)2-1-7(10)5-15-6-8(13-14-15)3-11(17)18/h1-2,4,6H,3,5H2,(H,17,18). The Bertz CT molecular complexity index is 670. The van der Waals surface area contributed by atoms with Gasteiger partial charge in [0.25, 0.3) is 5.69 Å². The molecule has 1 heterocycles. The number of carboxylic acids is 1. The molecule has 2 rings (SSSR count). The van der Waals surface area contributed by atoms with Crippen molar-refractivity contribution < 1.29 is 14.8 Å². The van der Waals surface area contributed by atoms with Crippen LogP contribution in [0.4, 0.5) is 5.69 Å². The van der Waals surface area contributed by atoms with Crippen LogP contribution in [0.2, 0.25) is 0 Å². The van der Waals surface area contributed by atoms with E-state index in [4.69, 9.17) is 5.11 Å². The summed E-state index contributed by atoms with van der Waals surface area (Å²) >= 11 is 3.26. The third kappa shape index (κ3) is 3.38. The molecule has 0 atom stereocenters. The lowest BCUT2D eigenvalue weighted by Gasteiger charge is -2.03. The molecule has 0 fully saturated rings. The number of hydrogen-bond donors (Lipinski definition) is 1. The van der Waals surface area contributed by atoms with Gasteiger partial charge in [0.1, 0.15) is 0 Å². The Morgan fingerprint density at radius 1 is 1.50 bits per heavy atom. The predicted octanol–water partition coefficient (Wildman–Crippen LogP) is 1.62. The fourth-order valence-corrected chi connectivity index (χ4v) is 2.10. The highest BCUT2D eigenvalue weighted by Gasteiger charge is 2.11. The van der Waals surface area contributed by atoms with Gasteiger partial charge in [-0.2, -0.15) is 0 Å². The summed E-state index contributed by atoms with van der Waals surface area (Å²) in [5.41, 5.74) is 1.13. The summed E-state index contributed by atoms with van der Waals surface area (Å²) in [5, 5.41) is 26.8. The van der Waals surface area contributed by atoms with Crippen LogP contribution in [0, 0.1) is 10.1 Å². The van der Waals surface area contributed by atoms with E-state index >= 15 is 0 Å². The van der Waals surface area contributed by atoms with Crippen LogP contribution < -0.4 is 0 Å². The zero-order chi connectivity index (χ0) is 14.7. The summed E-state index contributed by atoms with van der Waals surface area (Å²) in [4.78, 5) is 20.7. The van der Waals surface area contributed by atoms with Crippen LogP contribution in [0.1, 0.15) is 11.3 Å². The monoisotopic (exact) mass is 340 g/mol. The molecule has 0 aliphatic heterocycles. The number of benzene rings is 1. The highest BCUT2D eigenvalue weighted by atomic mass is 79.9. The third-order valence-corrected chi connectivity index (χ3v) is 3.24. The number of carboxylic acid groups (broad SMARTS) is 1. The van der Waals surface area contributed by atoms with Crippen molar-refractivity contribution in [1.29, 1.82) is 0 Å². The number of non-ortho nitro benzene ring substituents is 1. The smallest absolute Gasteiger partial charge is 0.309 e. The third-order valence-electron chi connectivity index (χ3n) is 2.50. The number of hydrogen-bond acceptors (Lipinski definition) is 5. The summed E-state index contributed by atoms with van der Waals surface area (Å²) < 4.78 is 2.06. The summed E-state index contributed by atoms with van der Waals surface area (Å²) in [6, 6.07) is 4.42. The maximum absolute atomic E-state index is 10.6. The van der Waals surface area contributed by atoms with Crippen LogP contribution in [0.25, 0.3) is 0 Å². The van der Waals surface area contributed by atoms with Crippen LogP contribution >= 0.6 is 15.9 Å². The summed E-state index contributed by atoms with van der Waals surface area (Å²) in [6.07, 6.45) is 1.34. The van der Waals surface area contributed by atoms with Crippen LogP contribution in [0.5, 0.6) is 0 Å². The first-order valence-corrected chi connectivity index (χ1v) is 6.28. The minimum absolute atomic E-state index is 0.00854. The summed E-state index contributed by atoms with van der Waals surface area (Å²) in [7, 11) is 0. The highest BCUT2D eigenvalue weighted by molar-refractivity contribution is 9.10. The van der Waals surface area contributed by atoms with E-state index in [2.05, 4.69) is 26.2 Å². The molecule has 0 spiro atoms. The first-order chi connectivity index (χ1) is 9.45. The molecule has 1 aromatic heterocycles. The molecule has 0 aliphatic rings. The van der Waals surface area contributed by atoms with Crippen molar-refractivity contribution in [3.63, 3.8) is 0 Å². The normalized spacial score (nSPS) is 10.4. The molecular weight excluding hydrogens is 332 g/mol. The van der Waals surface area contributed by atoms with Gasteiger partial charge in [-0.05, 0) is 11.6 Å². The van der Waals surface area contributed by atoms with E-state index in [0.29, 0.717) is 16.7 Å². The van der Waals surface area contributed by atoms with Gasteiger partial charge in [0.05, 0.1) is 23.6 Å². The van der Waals surface area contributed by atoms with Gasteiger partial charge in [-0.1, -0.05) is 21.1 Å². The quantitative estimate of drug-likeness (QED) is 0.653. The number of nitro benzene ring substituents is 1. The fourth-order valence-electron chi connectivity index (χ4n) is 1.60. The molecule has 0 saturated heterocycles. The van der Waals surface area contributed by atoms with Crippen LogP contribution in [-0.2, 0) is 17.8 Å². The lowest BCUT2D eigenvalue weighted by atomic mass is 10.2. The Morgan fingerprint density at radius 2 is 2.25 bits per heavy atom. The second kappa shape index (κ2) is 5.78. The largest absolute Gasteiger partial charge is 0.481 e. The van der Waals surface area contributed by atoms with E-state index in [1.807, 2.05) is 0 Å². The zero-order valence-corrected chi connectivity index (χ0v) is 11.6. The average molecular weight is 341 g/mol. The van der Waals surface area contributed by atoms with Gasteiger partial charge < -0.3 is 5.11 Å². The van der Waals surface area contributed by atoms with Crippen LogP contribution in [-0.4, -0.2) is 31.0 Å². The highest BCUT2D eigenvalue weighted by Crippen LogP contribution is 2.23. The number of carbonyl (C=O) groups is 1. The molecule has 0 bridgehead atoms. The minimum atomic E-state index is -0.978. The van der Waals surface area contributed by atoms with E-state index in [-0.39, 0.29) is 12.1 Å². The van der Waals surface area contributed by atoms with Crippen LogP contribution in [0.3, 0.4) is 0 Å². The van der Waals surface area contributed by atoms with Gasteiger partial charge in [0.15, 0.2) is 0 Å². The first-order valence-electron chi connectivity index (χ1n) is 5.49. The summed E-state index contributed by atoms with van der Waals surface area (Å²) in [5.74, 6) is -0.978. The number of halogens is 1. The molecule has 1 N–H and O–H groups in total. The maximum atomic E-state index is 10.6. The van der Waals surface area contributed by atoms with Gasteiger partial charge in [0, 0.05) is 22.8 Å². The second-order valence-corrected chi connectivity index (χ2v) is 4.87. The fraction of sp³-hybridized carbons (Fsp3) is 0.182. The van der Waals surface area contributed by atoms with Crippen molar-refractivity contribution in [3.05, 3.63) is 50.2 Å². The van der Waals surface area contributed by atoms with Gasteiger partial charge in [0.2, 0.25) is 0 Å². The number of rotatable bonds is 5. The van der Waals surface area contributed by atoms with Crippen molar-refractivity contribution in [1.82, 2.24) is 15.0 Å². The van der Waals surface area contributed by atoms with E-state index in [1.165, 1.54) is 23.0 Å². The molecule has 0 saturated carbocycles.